The van der Waals surface area contributed by atoms with Gasteiger partial charge in [-0.15, -0.1) is 0 Å². The first-order chi connectivity index (χ1) is 14.0. The second-order valence-corrected chi connectivity index (χ2v) is 6.87. The minimum Gasteiger partial charge on any atom is -0.495 e. The Balaban J connectivity index is 1.50. The van der Waals surface area contributed by atoms with E-state index in [0.717, 1.165) is 4.90 Å². The molecule has 148 valence electrons. The second kappa shape index (κ2) is 7.51. The zero-order valence-corrected chi connectivity index (χ0v) is 16.0. The van der Waals surface area contributed by atoms with Gasteiger partial charge in [0.05, 0.1) is 18.5 Å². The van der Waals surface area contributed by atoms with Gasteiger partial charge in [-0.25, -0.2) is 4.90 Å². The normalized spacial score (nSPS) is 20.2. The maximum absolute atomic E-state index is 12.9. The van der Waals surface area contributed by atoms with E-state index >= 15 is 0 Å². The van der Waals surface area contributed by atoms with Crippen molar-refractivity contribution in [3.63, 3.8) is 0 Å². The van der Waals surface area contributed by atoms with Gasteiger partial charge in [-0.3, -0.25) is 19.4 Å². The van der Waals surface area contributed by atoms with E-state index in [1.807, 2.05) is 0 Å². The second-order valence-electron chi connectivity index (χ2n) is 6.43. The molecule has 29 heavy (non-hydrogen) atoms. The summed E-state index contributed by atoms with van der Waals surface area (Å²) in [5, 5.41) is 12.1. The predicted molar refractivity (Wildman–Crippen MR) is 105 cm³/mol. The van der Waals surface area contributed by atoms with E-state index in [2.05, 4.69) is 15.7 Å². The molecule has 0 bridgehead atoms. The SMILES string of the molecule is COc1ccccc1NC(=O)CN1N=N[C@@H]2C(=O)N(c3cccc(Cl)c3)C(=O)[C@@H]21. The smallest absolute Gasteiger partial charge is 0.263 e. The molecule has 2 aliphatic rings. The Hall–Kier alpha value is -3.46. The van der Waals surface area contributed by atoms with Crippen molar-refractivity contribution in [2.45, 2.75) is 12.1 Å². The van der Waals surface area contributed by atoms with Gasteiger partial charge in [0.25, 0.3) is 11.8 Å². The third-order valence-corrected chi connectivity index (χ3v) is 4.85. The molecule has 1 fully saturated rings. The first-order valence-corrected chi connectivity index (χ1v) is 9.11. The lowest BCUT2D eigenvalue weighted by Gasteiger charge is -2.20. The molecule has 0 aromatic heterocycles. The number of nitrogens with zero attached hydrogens (tertiary/aromatic N) is 4. The molecule has 0 aliphatic carbocycles. The summed E-state index contributed by atoms with van der Waals surface area (Å²) in [5.74, 6) is -0.924. The van der Waals surface area contributed by atoms with Crippen LogP contribution in [0, 0.1) is 0 Å². The molecule has 0 spiro atoms. The van der Waals surface area contributed by atoms with Crippen LogP contribution in [0.15, 0.2) is 58.9 Å². The number of rotatable bonds is 5. The number of fused-ring (bicyclic) bond motifs is 1. The molecule has 4 rings (SSSR count). The summed E-state index contributed by atoms with van der Waals surface area (Å²) in [6.45, 7) is -0.245. The maximum atomic E-state index is 12.9. The molecule has 0 unspecified atom stereocenters. The van der Waals surface area contributed by atoms with Crippen LogP contribution >= 0.6 is 11.6 Å². The van der Waals surface area contributed by atoms with Gasteiger partial charge < -0.3 is 10.1 Å². The summed E-state index contributed by atoms with van der Waals surface area (Å²) >= 11 is 5.97. The van der Waals surface area contributed by atoms with Crippen LogP contribution in [-0.2, 0) is 14.4 Å². The summed E-state index contributed by atoms with van der Waals surface area (Å²) in [7, 11) is 1.50. The van der Waals surface area contributed by atoms with Gasteiger partial charge in [-0.05, 0) is 30.3 Å². The van der Waals surface area contributed by atoms with E-state index in [4.69, 9.17) is 16.3 Å². The van der Waals surface area contributed by atoms with E-state index in [-0.39, 0.29) is 6.54 Å². The molecule has 1 N–H and O–H groups in total. The molecule has 9 nitrogen and oxygen atoms in total. The number of hydrogen-bond donors (Lipinski definition) is 1. The lowest BCUT2D eigenvalue weighted by atomic mass is 10.1. The van der Waals surface area contributed by atoms with Gasteiger partial charge in [-0.1, -0.05) is 35.0 Å². The summed E-state index contributed by atoms with van der Waals surface area (Å²) in [5.41, 5.74) is 0.845. The van der Waals surface area contributed by atoms with Crippen molar-refractivity contribution in [2.24, 2.45) is 10.3 Å². The molecule has 2 atom stereocenters. The number of para-hydroxylation sites is 2. The van der Waals surface area contributed by atoms with E-state index < -0.39 is 29.8 Å². The molecule has 10 heteroatoms. The quantitative estimate of drug-likeness (QED) is 0.757. The van der Waals surface area contributed by atoms with Crippen LogP contribution in [0.2, 0.25) is 5.02 Å². The van der Waals surface area contributed by atoms with Crippen LogP contribution in [0.3, 0.4) is 0 Å². The lowest BCUT2D eigenvalue weighted by molar-refractivity contribution is -0.123. The molecule has 2 aromatic rings. The third kappa shape index (κ3) is 3.40. The Kier molecular flexibility index (Phi) is 4.89. The average molecular weight is 414 g/mol. The number of amides is 3. The highest BCUT2D eigenvalue weighted by atomic mass is 35.5. The van der Waals surface area contributed by atoms with Gasteiger partial charge in [-0.2, -0.15) is 5.11 Å². The first-order valence-electron chi connectivity index (χ1n) is 8.73. The van der Waals surface area contributed by atoms with Gasteiger partial charge in [0.1, 0.15) is 12.3 Å². The van der Waals surface area contributed by atoms with Crippen LogP contribution in [0.25, 0.3) is 0 Å². The number of carbonyl (C=O) groups is 3. The molecule has 0 radical (unpaired) electrons. The maximum Gasteiger partial charge on any atom is 0.263 e. The molecular formula is C19H16ClN5O4. The number of benzene rings is 2. The topological polar surface area (TPSA) is 104 Å². The number of methoxy groups -OCH3 is 1. The van der Waals surface area contributed by atoms with Gasteiger partial charge in [0, 0.05) is 5.02 Å². The summed E-state index contributed by atoms with van der Waals surface area (Å²) < 4.78 is 5.20. The van der Waals surface area contributed by atoms with Gasteiger partial charge in [0.2, 0.25) is 5.91 Å². The number of halogens is 1. The van der Waals surface area contributed by atoms with Crippen LogP contribution in [0.5, 0.6) is 5.75 Å². The van der Waals surface area contributed by atoms with Gasteiger partial charge in [0.15, 0.2) is 12.1 Å². The molecule has 2 heterocycles. The summed E-state index contributed by atoms with van der Waals surface area (Å²) in [6.07, 6.45) is 0. The van der Waals surface area contributed by atoms with Crippen molar-refractivity contribution < 1.29 is 19.1 Å². The third-order valence-electron chi connectivity index (χ3n) is 4.61. The van der Waals surface area contributed by atoms with Crippen molar-refractivity contribution in [3.8, 4) is 5.75 Å². The standard InChI is InChI=1S/C19H16ClN5O4/c1-29-14-8-3-2-7-13(14)21-15(26)10-24-17-16(22-23-24)18(27)25(19(17)28)12-6-4-5-11(20)9-12/h2-9,16-17H,10H2,1H3,(H,21,26)/t16-,17+/m0/s1. The first kappa shape index (κ1) is 18.9. The van der Waals surface area contributed by atoms with Crippen molar-refractivity contribution in [1.29, 1.82) is 0 Å². The number of hydrogen-bond acceptors (Lipinski definition) is 7. The Morgan fingerprint density at radius 2 is 1.97 bits per heavy atom. The number of carbonyl (C=O) groups excluding carboxylic acids is 3. The number of nitrogens with one attached hydrogen (secondary N) is 1. The van der Waals surface area contributed by atoms with E-state index in [9.17, 15) is 14.4 Å². The number of anilines is 2. The molecule has 0 saturated carbocycles. The number of imide groups is 1. The summed E-state index contributed by atoms with van der Waals surface area (Å²) in [6, 6.07) is 11.4. The highest BCUT2D eigenvalue weighted by Gasteiger charge is 2.55. The van der Waals surface area contributed by atoms with Crippen molar-refractivity contribution in [2.75, 3.05) is 23.9 Å². The Morgan fingerprint density at radius 3 is 2.72 bits per heavy atom. The minimum absolute atomic E-state index is 0.245. The predicted octanol–water partition coefficient (Wildman–Crippen LogP) is 2.28. The van der Waals surface area contributed by atoms with Crippen LogP contribution in [0.4, 0.5) is 11.4 Å². The molecule has 1 saturated heterocycles. The molecule has 2 aliphatic heterocycles. The van der Waals surface area contributed by atoms with Crippen LogP contribution in [0.1, 0.15) is 0 Å². The Labute approximate surface area is 170 Å². The molecule has 2 aromatic carbocycles. The monoisotopic (exact) mass is 413 g/mol. The lowest BCUT2D eigenvalue weighted by Crippen LogP contribution is -2.43. The Morgan fingerprint density at radius 1 is 1.17 bits per heavy atom. The fraction of sp³-hybridized carbons (Fsp3) is 0.211. The Bertz CT molecular complexity index is 1030. The fourth-order valence-corrected chi connectivity index (χ4v) is 3.49. The highest BCUT2D eigenvalue weighted by molar-refractivity contribution is 6.31. The van der Waals surface area contributed by atoms with Crippen molar-refractivity contribution in [3.05, 3.63) is 53.6 Å². The summed E-state index contributed by atoms with van der Waals surface area (Å²) in [4.78, 5) is 39.1. The van der Waals surface area contributed by atoms with Crippen molar-refractivity contribution in [1.82, 2.24) is 5.01 Å². The highest BCUT2D eigenvalue weighted by Crippen LogP contribution is 2.32. The van der Waals surface area contributed by atoms with Crippen LogP contribution < -0.4 is 15.0 Å². The number of ether oxygens (including phenoxy) is 1. The average Bonchev–Trinajstić information content (AvgIpc) is 3.22. The fourth-order valence-electron chi connectivity index (χ4n) is 3.31. The largest absolute Gasteiger partial charge is 0.495 e. The van der Waals surface area contributed by atoms with E-state index in [1.165, 1.54) is 18.2 Å². The van der Waals surface area contributed by atoms with Crippen LogP contribution in [-0.4, -0.2) is 48.5 Å². The molecular weight excluding hydrogens is 398 g/mol. The van der Waals surface area contributed by atoms with Crippen molar-refractivity contribution >= 4 is 40.7 Å². The minimum atomic E-state index is -0.986. The van der Waals surface area contributed by atoms with E-state index in [0.29, 0.717) is 22.1 Å². The van der Waals surface area contributed by atoms with E-state index in [1.54, 1.807) is 42.5 Å². The molecule has 3 amide bonds. The van der Waals surface area contributed by atoms with Gasteiger partial charge >= 0.3 is 0 Å². The zero-order valence-electron chi connectivity index (χ0n) is 15.3. The zero-order chi connectivity index (χ0) is 20.5.